The molecule has 109 heavy (non-hydrogen) atoms. The van der Waals surface area contributed by atoms with Gasteiger partial charge in [0.1, 0.15) is 0 Å². The van der Waals surface area contributed by atoms with E-state index in [0.29, 0.717) is 53.0 Å². The lowest BCUT2D eigenvalue weighted by molar-refractivity contribution is -0.385. The summed E-state index contributed by atoms with van der Waals surface area (Å²) in [4.78, 5) is 104. The number of carboxylic acids is 1. The van der Waals surface area contributed by atoms with E-state index >= 15 is 0 Å². The molecule has 0 spiro atoms. The number of carbonyl (C=O) groups excluding carboxylic acids is 3. The van der Waals surface area contributed by atoms with Gasteiger partial charge in [0, 0.05) is 207 Å². The number of non-ortho nitro benzene ring substituents is 4. The minimum absolute atomic E-state index is 0.0301. The number of aryl methyl sites for hydroxylation is 6. The number of nitrogen functional groups attached to an aromatic ring is 1. The summed E-state index contributed by atoms with van der Waals surface area (Å²) in [6, 6.07) is 32.6. The monoisotopic (exact) mass is 1530 g/mol. The highest BCUT2D eigenvalue weighted by Crippen LogP contribution is 2.33. The Bertz CT molecular complexity index is 4270. The molecule has 7 aromatic rings. The van der Waals surface area contributed by atoms with E-state index in [0.717, 1.165) is 144 Å². The number of nitro benzene ring substituents is 4. The summed E-state index contributed by atoms with van der Waals surface area (Å²) in [5.41, 5.74) is 15.1. The first kappa shape index (κ1) is 87.3. The lowest BCUT2D eigenvalue weighted by Crippen LogP contribution is -2.47. The number of nitrogens with two attached hydrogens (primary N) is 1. The number of halogens is 4. The summed E-state index contributed by atoms with van der Waals surface area (Å²) in [7, 11) is 8.34. The molecule has 4 heterocycles. The van der Waals surface area contributed by atoms with Gasteiger partial charge in [-0.3, -0.25) is 69.5 Å². The quantitative estimate of drug-likeness (QED) is 0.0282. The van der Waals surface area contributed by atoms with Crippen molar-refractivity contribution < 1.29 is 57.1 Å². The molecule has 7 aromatic carbocycles. The lowest BCUT2D eigenvalue weighted by atomic mass is 10.0. The van der Waals surface area contributed by atoms with Crippen LogP contribution in [-0.2, 0) is 25.8 Å². The molecule has 4 N–H and O–H groups in total. The van der Waals surface area contributed by atoms with Crippen LogP contribution in [0.25, 0.3) is 0 Å². The predicted molar refractivity (Wildman–Crippen MR) is 414 cm³/mol. The fraction of sp³-hybridized carbons (Fsp3) is 0.385. The largest absolute Gasteiger partial charge is 0.478 e. The summed E-state index contributed by atoms with van der Waals surface area (Å²) in [5.74, 6) is 0.715. The Kier molecular flexibility index (Phi) is 32.9. The fourth-order valence-corrected chi connectivity index (χ4v) is 12.2. The third-order valence-electron chi connectivity index (χ3n) is 18.1. The van der Waals surface area contributed by atoms with E-state index in [2.05, 4.69) is 78.7 Å². The van der Waals surface area contributed by atoms with Crippen molar-refractivity contribution in [3.63, 3.8) is 0 Å². The Morgan fingerprint density at radius 2 is 0.844 bits per heavy atom. The second-order valence-electron chi connectivity index (χ2n) is 27.6. The van der Waals surface area contributed by atoms with E-state index in [1.165, 1.54) is 60.6 Å². The summed E-state index contributed by atoms with van der Waals surface area (Å²) >= 11 is 5.19. The molecule has 2 amide bonds. The number of nitrogens with one attached hydrogen (secondary N) is 1. The van der Waals surface area contributed by atoms with Gasteiger partial charge in [0.25, 0.3) is 39.8 Å². The van der Waals surface area contributed by atoms with Gasteiger partial charge >= 0.3 is 12.1 Å². The highest BCUT2D eigenvalue weighted by atomic mass is 35.5. The number of hydrogen-bond donors (Lipinski definition) is 3. The molecular weight excluding hydrogens is 1430 g/mol. The van der Waals surface area contributed by atoms with Gasteiger partial charge in [-0.05, 0) is 192 Å². The van der Waals surface area contributed by atoms with Gasteiger partial charge in [-0.15, -0.1) is 6.42 Å². The molecular formula is C78H94ClF3N14O13. The van der Waals surface area contributed by atoms with Crippen molar-refractivity contribution in [1.29, 1.82) is 0 Å². The van der Waals surface area contributed by atoms with Crippen LogP contribution in [0.4, 0.5) is 47.3 Å². The standard InChI is InChI=1S/C23H24F3N3O.C13H17N3O3.C13H19N3O2.C13H21N3.C8H6ClNO3.C8H7NO4/c1-4-18-13-19(6-5-16(18)2)22(30)27-21-12-17(11-20(14-21)23(24,25)26)15-29-9-7-28(3)8-10-29;1-10-7-11(9-12(8-10)16(18)19)13(17)15-5-3-14(2)4-6-15;1-11-7-12(9-13(8-11)16(17)18)10-15-5-3-14(2)4-6-15;1-11-7-12(9-13(14)8-11)10-16-5-3-15(2)4-6-16;1-5-2-6(8(9)11)4-7(3-5)10(12)13;1-5-2-6(8(10)11)4-7(3-5)9(12)13/h1,5-6,11-14H,7-10,15H2,2-3H3,(H,27,30);7-9H,3-6H2,1-2H3;7-9H,3-6,10H2,1-2H3;7-9H,3-6,10,14H2,1-2H3;2-4H,1H3;2-4H,1H3,(H,10,11). The van der Waals surface area contributed by atoms with Gasteiger partial charge < -0.3 is 40.7 Å². The number of rotatable bonds is 15. The molecule has 0 aliphatic carbocycles. The van der Waals surface area contributed by atoms with Crippen LogP contribution >= 0.6 is 11.6 Å². The molecule has 0 bridgehead atoms. The average molecular weight is 1530 g/mol. The zero-order valence-electron chi connectivity index (χ0n) is 62.9. The van der Waals surface area contributed by atoms with Gasteiger partial charge in [-0.25, -0.2) is 4.79 Å². The molecule has 4 saturated heterocycles. The number of nitrogens with zero attached hydrogens (tertiary/aromatic N) is 12. The van der Waals surface area contributed by atoms with Crippen LogP contribution in [0.5, 0.6) is 0 Å². The third-order valence-corrected chi connectivity index (χ3v) is 18.3. The maximum Gasteiger partial charge on any atom is 0.416 e. The maximum absolute atomic E-state index is 13.4. The van der Waals surface area contributed by atoms with E-state index in [1.54, 1.807) is 68.1 Å². The van der Waals surface area contributed by atoms with Crippen LogP contribution < -0.4 is 11.1 Å². The van der Waals surface area contributed by atoms with E-state index < -0.39 is 43.6 Å². The van der Waals surface area contributed by atoms with Crippen molar-refractivity contribution in [3.8, 4) is 12.3 Å². The summed E-state index contributed by atoms with van der Waals surface area (Å²) < 4.78 is 40.3. The SMILES string of the molecule is C#Cc1cc(C(=O)Nc2cc(CN3CCN(C)CC3)cc(C(F)(F)F)c2)ccc1C.Cc1cc(C(=O)Cl)cc([N+](=O)[O-])c1.Cc1cc(C(=O)N2CCN(C)CC2)cc([N+](=O)[O-])c1.Cc1cc(C(=O)O)cc([N+](=O)[O-])c1.Cc1cc(CN2CCN(C)CC2)cc([N+](=O)[O-])c1.Cc1cc(N)cc(CN2CCN(C)CC2)c1. The van der Waals surface area contributed by atoms with Crippen LogP contribution in [-0.4, -0.2) is 220 Å². The number of carboxylic acid groups (broad SMARTS) is 1. The van der Waals surface area contributed by atoms with E-state index in [9.17, 15) is 72.8 Å². The Morgan fingerprint density at radius 1 is 0.477 bits per heavy atom. The number of alkyl halides is 3. The molecule has 27 nitrogen and oxygen atoms in total. The minimum Gasteiger partial charge on any atom is -0.478 e. The summed E-state index contributed by atoms with van der Waals surface area (Å²) in [6.45, 7) is 28.2. The number of likely N-dealkylation sites (N-methyl/N-ethyl adjacent to an activating group) is 4. The van der Waals surface area contributed by atoms with Crippen molar-refractivity contribution in [2.75, 3.05) is 144 Å². The summed E-state index contributed by atoms with van der Waals surface area (Å²) in [5, 5.41) is 52.9. The number of hydrogen-bond acceptors (Lipinski definition) is 20. The first-order valence-electron chi connectivity index (χ1n) is 34.9. The van der Waals surface area contributed by atoms with Crippen molar-refractivity contribution in [1.82, 2.24) is 39.2 Å². The van der Waals surface area contributed by atoms with Gasteiger partial charge in [0.05, 0.1) is 30.8 Å². The molecule has 4 fully saturated rings. The predicted octanol–water partition coefficient (Wildman–Crippen LogP) is 12.1. The van der Waals surface area contributed by atoms with Crippen molar-refractivity contribution in [3.05, 3.63) is 251 Å². The van der Waals surface area contributed by atoms with Gasteiger partial charge in [-0.1, -0.05) is 24.1 Å². The van der Waals surface area contributed by atoms with Crippen molar-refractivity contribution in [2.24, 2.45) is 0 Å². The molecule has 0 unspecified atom stereocenters. The Morgan fingerprint density at radius 3 is 1.25 bits per heavy atom. The zero-order chi connectivity index (χ0) is 80.6. The number of benzene rings is 7. The van der Waals surface area contributed by atoms with Crippen molar-refractivity contribution >= 4 is 68.8 Å². The number of anilines is 2. The zero-order valence-corrected chi connectivity index (χ0v) is 63.7. The van der Waals surface area contributed by atoms with Gasteiger partial charge in [0.15, 0.2) is 0 Å². The average Bonchev–Trinajstić information content (AvgIpc) is 0.821. The highest BCUT2D eigenvalue weighted by Gasteiger charge is 2.32. The second kappa shape index (κ2) is 41.1. The molecule has 0 atom stereocenters. The summed E-state index contributed by atoms with van der Waals surface area (Å²) in [6.07, 6.45) is 0.941. The van der Waals surface area contributed by atoms with Crippen LogP contribution in [0.3, 0.4) is 0 Å². The molecule has 582 valence electrons. The first-order valence-corrected chi connectivity index (χ1v) is 35.3. The molecule has 0 radical (unpaired) electrons. The molecule has 31 heteroatoms. The van der Waals surface area contributed by atoms with Crippen LogP contribution in [0.2, 0.25) is 0 Å². The molecule has 11 rings (SSSR count). The molecule has 4 aliphatic heterocycles. The second-order valence-corrected chi connectivity index (χ2v) is 27.9. The Hall–Kier alpha value is -10.6. The number of piperazine rings is 4. The lowest BCUT2D eigenvalue weighted by Gasteiger charge is -2.32. The van der Waals surface area contributed by atoms with Crippen LogP contribution in [0.15, 0.2) is 127 Å². The number of nitro groups is 4. The Balaban J connectivity index is 0.000000210. The van der Waals surface area contributed by atoms with E-state index in [-0.39, 0.29) is 50.4 Å². The number of amides is 2. The van der Waals surface area contributed by atoms with Gasteiger partial charge in [0.2, 0.25) is 0 Å². The third kappa shape index (κ3) is 29.1. The maximum atomic E-state index is 13.4. The molecule has 0 aromatic heterocycles. The molecule has 0 saturated carbocycles. The number of carbonyl (C=O) groups is 4. The topological polar surface area (TPSA) is 325 Å². The smallest absolute Gasteiger partial charge is 0.416 e. The highest BCUT2D eigenvalue weighted by molar-refractivity contribution is 6.67. The normalized spacial score (nSPS) is 15.2. The van der Waals surface area contributed by atoms with E-state index in [1.807, 2.05) is 40.1 Å². The van der Waals surface area contributed by atoms with E-state index in [4.69, 9.17) is 28.9 Å². The fourth-order valence-electron chi connectivity index (χ4n) is 12.1. The van der Waals surface area contributed by atoms with Crippen LogP contribution in [0.1, 0.15) is 103 Å². The van der Waals surface area contributed by atoms with Gasteiger partial charge in [-0.2, -0.15) is 13.2 Å². The van der Waals surface area contributed by atoms with Crippen LogP contribution in [0, 0.1) is 94.3 Å². The number of aromatic carboxylic acids is 1. The first-order chi connectivity index (χ1) is 51.3. The number of terminal acetylenes is 1. The minimum atomic E-state index is -4.50. The Labute approximate surface area is 637 Å². The van der Waals surface area contributed by atoms with Crippen molar-refractivity contribution in [2.45, 2.75) is 67.4 Å². The molecule has 4 aliphatic rings.